The number of carbonyl (C=O) groups excluding carboxylic acids is 4. The Morgan fingerprint density at radius 3 is 2.07 bits per heavy atom. The van der Waals surface area contributed by atoms with E-state index in [0.29, 0.717) is 30.0 Å². The summed E-state index contributed by atoms with van der Waals surface area (Å²) >= 11 is 0. The second-order valence-corrected chi connectivity index (χ2v) is 15.2. The molecule has 18 heteroatoms. The summed E-state index contributed by atoms with van der Waals surface area (Å²) in [6.07, 6.45) is 13.0. The Hall–Kier alpha value is -7.68. The molecule has 0 saturated heterocycles. The van der Waals surface area contributed by atoms with E-state index in [9.17, 15) is 19.2 Å². The molecule has 2 fully saturated rings. The van der Waals surface area contributed by atoms with Gasteiger partial charge < -0.3 is 19.5 Å². The van der Waals surface area contributed by atoms with Crippen LogP contribution in [0.4, 0.5) is 11.6 Å². The number of benzene rings is 2. The lowest BCUT2D eigenvalue weighted by atomic mass is 9.85. The lowest BCUT2D eigenvalue weighted by Crippen LogP contribution is -2.57. The van der Waals surface area contributed by atoms with Crippen molar-refractivity contribution in [3.8, 4) is 12.3 Å². The molecule has 0 radical (unpaired) electrons. The molecule has 298 valence electrons. The van der Waals surface area contributed by atoms with E-state index in [4.69, 9.17) is 15.3 Å². The van der Waals surface area contributed by atoms with Gasteiger partial charge in [-0.15, -0.1) is 32.7 Å². The van der Waals surface area contributed by atoms with Crippen molar-refractivity contribution in [2.24, 2.45) is 17.3 Å². The third-order valence-electron chi connectivity index (χ3n) is 12.0. The van der Waals surface area contributed by atoms with E-state index in [1.165, 1.54) is 28.4 Å². The molecule has 6 atom stereocenters. The highest BCUT2D eigenvalue weighted by Gasteiger charge is 3.00. The number of hydrogen-bond donors (Lipinski definition) is 2. The van der Waals surface area contributed by atoms with E-state index in [-0.39, 0.29) is 54.7 Å². The van der Waals surface area contributed by atoms with Gasteiger partial charge in [-0.2, -0.15) is 0 Å². The van der Waals surface area contributed by atoms with Gasteiger partial charge in [0.25, 0.3) is 11.8 Å². The minimum absolute atomic E-state index is 0.00889. The van der Waals surface area contributed by atoms with E-state index in [0.717, 1.165) is 11.1 Å². The van der Waals surface area contributed by atoms with Crippen LogP contribution in [0.5, 0.6) is 0 Å². The number of aromatic nitrogens is 8. The van der Waals surface area contributed by atoms with Gasteiger partial charge in [0.05, 0.1) is 30.1 Å². The van der Waals surface area contributed by atoms with Crippen LogP contribution in [-0.2, 0) is 28.9 Å². The number of anilines is 2. The van der Waals surface area contributed by atoms with Gasteiger partial charge in [0, 0.05) is 62.1 Å². The number of fused-ring (bicyclic) bond motifs is 2. The lowest BCUT2D eigenvalue weighted by Gasteiger charge is -2.32. The largest absolute Gasteiger partial charge is 0.417 e. The molecule has 2 N–H and O–H groups in total. The Morgan fingerprint density at radius 2 is 1.42 bits per heavy atom. The first-order valence-electron chi connectivity index (χ1n) is 19.3. The molecule has 2 aromatic carbocycles. The molecule has 2 aliphatic carbocycles. The van der Waals surface area contributed by atoms with Crippen LogP contribution in [0.25, 0.3) is 0 Å². The normalized spacial score (nSPS) is 24.5. The zero-order valence-corrected chi connectivity index (χ0v) is 31.9. The van der Waals surface area contributed by atoms with E-state index in [2.05, 4.69) is 56.9 Å². The number of hydrogen-bond acceptors (Lipinski definition) is 14. The molecule has 0 spiro atoms. The minimum atomic E-state index is -1.41. The van der Waals surface area contributed by atoms with E-state index in [1.807, 2.05) is 60.7 Å². The summed E-state index contributed by atoms with van der Waals surface area (Å²) in [5.74, 6) is -0.800. The summed E-state index contributed by atoms with van der Waals surface area (Å²) in [5.41, 5.74) is 0.584. The smallest absolute Gasteiger partial charge is 0.309 e. The number of rotatable bonds is 11. The Kier molecular flexibility index (Phi) is 8.56. The quantitative estimate of drug-likeness (QED) is 0.179. The van der Waals surface area contributed by atoms with Gasteiger partial charge in [-0.1, -0.05) is 60.7 Å². The number of nitrogens with one attached hydrogen (secondary N) is 2. The van der Waals surface area contributed by atoms with Crippen LogP contribution in [0.15, 0.2) is 94.3 Å². The Morgan fingerprint density at radius 1 is 0.817 bits per heavy atom. The van der Waals surface area contributed by atoms with Gasteiger partial charge in [-0.25, -0.2) is 9.97 Å². The van der Waals surface area contributed by atoms with E-state index >= 15 is 0 Å². The molecule has 11 rings (SSSR count). The second-order valence-electron chi connectivity index (χ2n) is 15.2. The topological polar surface area (TPSA) is 228 Å². The van der Waals surface area contributed by atoms with Crippen LogP contribution in [0.1, 0.15) is 68.0 Å². The highest BCUT2D eigenvalue weighted by atomic mass is 16.4. The molecular formula is C42H34N12O6. The monoisotopic (exact) mass is 802 g/mol. The SMILES string of the molecule is C#C[C@@H]1Cc2nccnc2N(CCC23[C@H]4[C@@H]2c2nccnc2N(C)C(=O)[C@]43NC(=O)c2nnc(Cc3ccccc3)o2)C(=O)[C@@H]1NC(=O)c1nnc(Cc2ccccc2)o1. The molecule has 4 aromatic heterocycles. The highest BCUT2D eigenvalue weighted by molar-refractivity contribution is 6.11. The highest BCUT2D eigenvalue weighted by Crippen LogP contribution is 2.92. The van der Waals surface area contributed by atoms with Crippen LogP contribution in [-0.4, -0.2) is 89.1 Å². The minimum Gasteiger partial charge on any atom is -0.417 e. The fourth-order valence-electron chi connectivity index (χ4n) is 9.24. The van der Waals surface area contributed by atoms with Crippen LogP contribution in [0.3, 0.4) is 0 Å². The molecule has 2 bridgehead atoms. The first kappa shape index (κ1) is 36.6. The predicted octanol–water partition coefficient (Wildman–Crippen LogP) is 2.10. The summed E-state index contributed by atoms with van der Waals surface area (Å²) in [6, 6.07) is 17.7. The fraction of sp³-hybridized carbons (Fsp3) is 0.286. The summed E-state index contributed by atoms with van der Waals surface area (Å²) in [4.78, 5) is 77.9. The third kappa shape index (κ3) is 5.72. The van der Waals surface area contributed by atoms with Gasteiger partial charge >= 0.3 is 23.6 Å². The van der Waals surface area contributed by atoms with Crippen molar-refractivity contribution in [3.63, 3.8) is 0 Å². The van der Waals surface area contributed by atoms with Crippen molar-refractivity contribution in [3.05, 3.63) is 132 Å². The predicted molar refractivity (Wildman–Crippen MR) is 208 cm³/mol. The molecule has 7 heterocycles. The van der Waals surface area contributed by atoms with Crippen LogP contribution < -0.4 is 20.4 Å². The summed E-state index contributed by atoms with van der Waals surface area (Å²) < 4.78 is 11.5. The number of likely N-dealkylation sites (N-methyl/N-ethyl adjacent to an activating group) is 1. The maximum absolute atomic E-state index is 14.7. The molecule has 3 aliphatic heterocycles. The summed E-state index contributed by atoms with van der Waals surface area (Å²) in [6.45, 7) is 0.00889. The maximum atomic E-state index is 14.7. The van der Waals surface area contributed by atoms with Crippen molar-refractivity contribution in [2.75, 3.05) is 23.4 Å². The molecule has 2 saturated carbocycles. The average molecular weight is 803 g/mol. The molecule has 60 heavy (non-hydrogen) atoms. The maximum Gasteiger partial charge on any atom is 0.309 e. The Balaban J connectivity index is 0.935. The fourth-order valence-corrected chi connectivity index (χ4v) is 9.24. The first-order valence-corrected chi connectivity index (χ1v) is 19.3. The van der Waals surface area contributed by atoms with Crippen molar-refractivity contribution >= 4 is 35.3 Å². The zero-order chi connectivity index (χ0) is 41.2. The number of terminal acetylenes is 1. The first-order chi connectivity index (χ1) is 29.2. The number of nitrogens with zero attached hydrogens (tertiary/aromatic N) is 10. The van der Waals surface area contributed by atoms with Gasteiger partial charge in [0.1, 0.15) is 11.6 Å². The van der Waals surface area contributed by atoms with Crippen molar-refractivity contribution in [1.29, 1.82) is 0 Å². The molecular weight excluding hydrogens is 769 g/mol. The number of carbonyl (C=O) groups is 4. The van der Waals surface area contributed by atoms with Crippen LogP contribution in [0.2, 0.25) is 0 Å². The second kappa shape index (κ2) is 14.0. The number of amides is 4. The molecule has 18 nitrogen and oxygen atoms in total. The van der Waals surface area contributed by atoms with Crippen molar-refractivity contribution in [1.82, 2.24) is 51.0 Å². The van der Waals surface area contributed by atoms with Gasteiger partial charge in [-0.05, 0) is 17.5 Å². The van der Waals surface area contributed by atoms with Crippen LogP contribution >= 0.6 is 0 Å². The van der Waals surface area contributed by atoms with Gasteiger partial charge in [0.15, 0.2) is 11.6 Å². The van der Waals surface area contributed by atoms with Crippen molar-refractivity contribution < 1.29 is 28.0 Å². The van der Waals surface area contributed by atoms with Gasteiger partial charge in [0.2, 0.25) is 11.8 Å². The van der Waals surface area contributed by atoms with Gasteiger partial charge in [-0.3, -0.25) is 38.9 Å². The summed E-state index contributed by atoms with van der Waals surface area (Å²) in [5, 5.41) is 21.8. The van der Waals surface area contributed by atoms with Crippen LogP contribution in [0, 0.1) is 29.6 Å². The Labute approximate surface area is 341 Å². The molecule has 5 aliphatic rings. The summed E-state index contributed by atoms with van der Waals surface area (Å²) in [7, 11) is 1.59. The average Bonchev–Trinajstić information content (AvgIpc) is 3.89. The zero-order valence-electron chi connectivity index (χ0n) is 31.9. The molecule has 6 aromatic rings. The Bertz CT molecular complexity index is 2740. The van der Waals surface area contributed by atoms with Crippen molar-refractivity contribution in [2.45, 2.75) is 43.2 Å². The lowest BCUT2D eigenvalue weighted by molar-refractivity contribution is -0.123. The van der Waals surface area contributed by atoms with E-state index < -0.39 is 52.5 Å². The molecule has 4 amide bonds. The standard InChI is InChI=1S/C42H34N12O6/c1-3-25-22-26-33(45-17-15-43-26)54(39(57)30(25)47-35(55)37-51-49-27(59-37)20-23-10-6-4-7-11-23)19-14-41-29-31-34(46-18-16-44-31)53(2)40(58)42(41,32(29)41)48-36(56)38-52-50-28(60-38)21-24-12-8-5-9-13-24/h1,4-13,15-18,25,29-30,32H,14,19-22H2,2H3,(H,47,55)(H,48,56)/t25-,29+,30-,32-,41?,42-/m1/s1. The third-order valence-corrected chi connectivity index (χ3v) is 12.0. The molecule has 1 unspecified atom stereocenters. The van der Waals surface area contributed by atoms with E-state index in [1.54, 1.807) is 13.2 Å².